The summed E-state index contributed by atoms with van der Waals surface area (Å²) in [5.74, 6) is 1.70. The fraction of sp³-hybridized carbons (Fsp3) is 0.0164. The first-order valence-electron chi connectivity index (χ1n) is 21.8. The first-order chi connectivity index (χ1) is 31.3. The largest absolute Gasteiger partial charge is 0.456 e. The van der Waals surface area contributed by atoms with Crippen molar-refractivity contribution in [3.63, 3.8) is 0 Å². The molecule has 0 atom stereocenters. The van der Waals surface area contributed by atoms with E-state index in [0.717, 1.165) is 50.8 Å². The van der Waals surface area contributed by atoms with Crippen molar-refractivity contribution in [3.8, 4) is 78.3 Å². The average molecular weight is 802 g/mol. The predicted octanol–water partition coefficient (Wildman–Crippen LogP) is 16.3. The molecule has 13 rings (SSSR count). The maximum absolute atomic E-state index is 6.75. The highest BCUT2D eigenvalue weighted by molar-refractivity contribution is 5.99. The SMILES string of the molecule is c1ccc(-c2ccc(N(c3ccc4c(c3)-c3ccccc3-c3ccccc3O4)c3ccc4c(c3)C3(c5ccccc5-c5ccccc5-c5ccccc53)c3ccccc3-4)cc2)cc1. The van der Waals surface area contributed by atoms with Crippen LogP contribution < -0.4 is 9.64 Å². The van der Waals surface area contributed by atoms with Crippen LogP contribution in [0.5, 0.6) is 11.5 Å². The minimum Gasteiger partial charge on any atom is -0.456 e. The molecule has 10 aromatic rings. The Balaban J connectivity index is 1.08. The molecule has 2 heteroatoms. The summed E-state index contributed by atoms with van der Waals surface area (Å²) in [7, 11) is 0. The first kappa shape index (κ1) is 35.5. The molecule has 0 N–H and O–H groups in total. The lowest BCUT2D eigenvalue weighted by atomic mass is 9.66. The summed E-state index contributed by atoms with van der Waals surface area (Å²) in [6.45, 7) is 0. The minimum atomic E-state index is -0.594. The lowest BCUT2D eigenvalue weighted by Gasteiger charge is -2.36. The fourth-order valence-electron chi connectivity index (χ4n) is 10.9. The van der Waals surface area contributed by atoms with Gasteiger partial charge in [-0.1, -0.05) is 188 Å². The Morgan fingerprint density at radius 3 is 1.27 bits per heavy atom. The standard InChI is InChI=1S/C61H39NO/c1-2-16-40(17-3-1)41-30-32-42(33-31-41)62(43-35-37-60-54(38-43)48-21-7-6-20-47(48)53-25-11-15-29-59(53)63-60)44-34-36-52-51-24-10-14-28-57(51)61(58(52)39-44)55-26-12-8-22-49(55)45-18-4-5-19-46(45)50-23-9-13-27-56(50)61/h1-39H. The highest BCUT2D eigenvalue weighted by Crippen LogP contribution is 2.62. The van der Waals surface area contributed by atoms with Crippen molar-refractivity contribution in [2.75, 3.05) is 4.90 Å². The molecule has 10 aromatic carbocycles. The number of rotatable bonds is 4. The number of benzene rings is 10. The molecule has 0 unspecified atom stereocenters. The van der Waals surface area contributed by atoms with Crippen LogP contribution in [0.3, 0.4) is 0 Å². The number of hydrogen-bond acceptors (Lipinski definition) is 2. The molecule has 0 saturated heterocycles. The van der Waals surface area contributed by atoms with E-state index in [0.29, 0.717) is 0 Å². The van der Waals surface area contributed by atoms with E-state index < -0.39 is 5.41 Å². The normalized spacial score (nSPS) is 13.0. The van der Waals surface area contributed by atoms with E-state index in [1.807, 2.05) is 6.07 Å². The molecule has 63 heavy (non-hydrogen) atoms. The third-order valence-electron chi connectivity index (χ3n) is 13.5. The van der Waals surface area contributed by atoms with Gasteiger partial charge in [0.2, 0.25) is 0 Å². The summed E-state index contributed by atoms with van der Waals surface area (Å²) in [6, 6.07) is 86.7. The van der Waals surface area contributed by atoms with Crippen LogP contribution in [0.4, 0.5) is 17.1 Å². The molecule has 0 saturated carbocycles. The molecule has 0 amide bonds. The second kappa shape index (κ2) is 13.9. The van der Waals surface area contributed by atoms with Gasteiger partial charge in [-0.25, -0.2) is 0 Å². The Kier molecular flexibility index (Phi) is 7.85. The lowest BCUT2D eigenvalue weighted by Crippen LogP contribution is -2.29. The van der Waals surface area contributed by atoms with Crippen LogP contribution in [0, 0.1) is 0 Å². The van der Waals surface area contributed by atoms with Gasteiger partial charge in [0.1, 0.15) is 11.5 Å². The Morgan fingerprint density at radius 1 is 0.254 bits per heavy atom. The third kappa shape index (κ3) is 5.25. The van der Waals surface area contributed by atoms with Gasteiger partial charge in [-0.2, -0.15) is 0 Å². The van der Waals surface area contributed by atoms with Gasteiger partial charge >= 0.3 is 0 Å². The molecule has 2 aliphatic carbocycles. The summed E-state index contributed by atoms with van der Waals surface area (Å²) >= 11 is 0. The van der Waals surface area contributed by atoms with Gasteiger partial charge in [-0.05, 0) is 126 Å². The predicted molar refractivity (Wildman–Crippen MR) is 259 cm³/mol. The monoisotopic (exact) mass is 801 g/mol. The highest BCUT2D eigenvalue weighted by Gasteiger charge is 2.50. The minimum absolute atomic E-state index is 0.594. The Labute approximate surface area is 367 Å². The molecule has 2 nitrogen and oxygen atoms in total. The van der Waals surface area contributed by atoms with E-state index in [1.54, 1.807) is 0 Å². The molecule has 1 heterocycles. The molecule has 1 spiro atoms. The van der Waals surface area contributed by atoms with Crippen molar-refractivity contribution in [2.24, 2.45) is 0 Å². The number of nitrogens with zero attached hydrogens (tertiary/aromatic N) is 1. The Morgan fingerprint density at radius 2 is 0.651 bits per heavy atom. The number of anilines is 3. The molecule has 3 aliphatic rings. The molecule has 0 fully saturated rings. The lowest BCUT2D eigenvalue weighted by molar-refractivity contribution is 0.488. The maximum Gasteiger partial charge on any atom is 0.135 e. The average Bonchev–Trinajstić information content (AvgIpc) is 3.49. The van der Waals surface area contributed by atoms with E-state index >= 15 is 0 Å². The van der Waals surface area contributed by atoms with Crippen LogP contribution >= 0.6 is 0 Å². The van der Waals surface area contributed by atoms with Crippen molar-refractivity contribution < 1.29 is 4.74 Å². The zero-order valence-corrected chi connectivity index (χ0v) is 34.4. The molecule has 294 valence electrons. The van der Waals surface area contributed by atoms with Crippen molar-refractivity contribution in [1.29, 1.82) is 0 Å². The van der Waals surface area contributed by atoms with E-state index in [-0.39, 0.29) is 0 Å². The van der Waals surface area contributed by atoms with Gasteiger partial charge in [-0.15, -0.1) is 0 Å². The quantitative estimate of drug-likeness (QED) is 0.176. The van der Waals surface area contributed by atoms with E-state index in [4.69, 9.17) is 4.74 Å². The smallest absolute Gasteiger partial charge is 0.135 e. The number of ether oxygens (including phenoxy) is 1. The van der Waals surface area contributed by atoms with Crippen LogP contribution in [-0.4, -0.2) is 0 Å². The van der Waals surface area contributed by atoms with Gasteiger partial charge in [0.25, 0.3) is 0 Å². The molecular formula is C61H39NO. The van der Waals surface area contributed by atoms with Gasteiger partial charge in [0.05, 0.1) is 5.41 Å². The third-order valence-corrected chi connectivity index (χ3v) is 13.5. The van der Waals surface area contributed by atoms with Crippen LogP contribution in [-0.2, 0) is 5.41 Å². The molecular weight excluding hydrogens is 763 g/mol. The molecule has 0 bridgehead atoms. The summed E-state index contributed by atoms with van der Waals surface area (Å²) in [6.07, 6.45) is 0. The van der Waals surface area contributed by atoms with Crippen LogP contribution in [0.1, 0.15) is 22.3 Å². The zero-order chi connectivity index (χ0) is 41.5. The van der Waals surface area contributed by atoms with Gasteiger partial charge in [-0.3, -0.25) is 0 Å². The number of hydrogen-bond donors (Lipinski definition) is 0. The topological polar surface area (TPSA) is 12.5 Å². The second-order valence-corrected chi connectivity index (χ2v) is 16.7. The highest BCUT2D eigenvalue weighted by atomic mass is 16.5. The van der Waals surface area contributed by atoms with E-state index in [2.05, 4.69) is 235 Å². The van der Waals surface area contributed by atoms with Crippen LogP contribution in [0.2, 0.25) is 0 Å². The first-order valence-corrected chi connectivity index (χ1v) is 21.8. The number of para-hydroxylation sites is 1. The van der Waals surface area contributed by atoms with E-state index in [9.17, 15) is 0 Å². The maximum atomic E-state index is 6.75. The second-order valence-electron chi connectivity index (χ2n) is 16.7. The molecule has 0 aromatic heterocycles. The summed E-state index contributed by atoms with van der Waals surface area (Å²) < 4.78 is 6.75. The van der Waals surface area contributed by atoms with Crippen molar-refractivity contribution in [3.05, 3.63) is 259 Å². The van der Waals surface area contributed by atoms with Gasteiger partial charge in [0.15, 0.2) is 0 Å². The van der Waals surface area contributed by atoms with Crippen LogP contribution in [0.25, 0.3) is 66.8 Å². The molecule has 1 aliphatic heterocycles. The fourth-order valence-corrected chi connectivity index (χ4v) is 10.9. The van der Waals surface area contributed by atoms with Crippen LogP contribution in [0.15, 0.2) is 237 Å². The zero-order valence-electron chi connectivity index (χ0n) is 34.4. The van der Waals surface area contributed by atoms with Crippen molar-refractivity contribution in [1.82, 2.24) is 0 Å². The van der Waals surface area contributed by atoms with Gasteiger partial charge < -0.3 is 9.64 Å². The number of fused-ring (bicyclic) bond motifs is 17. The van der Waals surface area contributed by atoms with Crippen molar-refractivity contribution >= 4 is 17.1 Å². The summed E-state index contributed by atoms with van der Waals surface area (Å²) in [5.41, 5.74) is 22.2. The van der Waals surface area contributed by atoms with Gasteiger partial charge in [0, 0.05) is 28.2 Å². The van der Waals surface area contributed by atoms with Crippen molar-refractivity contribution in [2.45, 2.75) is 5.41 Å². The summed E-state index contributed by atoms with van der Waals surface area (Å²) in [4.78, 5) is 2.43. The van der Waals surface area contributed by atoms with E-state index in [1.165, 1.54) is 66.8 Å². The Bertz CT molecular complexity index is 3370. The molecule has 0 radical (unpaired) electrons. The Hall–Kier alpha value is -8.20. The summed E-state index contributed by atoms with van der Waals surface area (Å²) in [5, 5.41) is 0.